The minimum atomic E-state index is -4.48. The number of esters is 1. The van der Waals surface area contributed by atoms with Crippen molar-refractivity contribution in [2.45, 2.75) is 26.1 Å². The molecule has 0 radical (unpaired) electrons. The number of rotatable bonds is 4. The average Bonchev–Trinajstić information content (AvgIpc) is 3.15. The number of aryl methyl sites for hydroxylation is 1. The summed E-state index contributed by atoms with van der Waals surface area (Å²) in [7, 11) is 0. The van der Waals surface area contributed by atoms with Crippen molar-refractivity contribution in [2.24, 2.45) is 5.73 Å². The summed E-state index contributed by atoms with van der Waals surface area (Å²) in [5.41, 5.74) is 5.03. The molecular weight excluding hydrogens is 383 g/mol. The second-order valence-electron chi connectivity index (χ2n) is 5.82. The molecule has 1 aromatic carbocycles. The van der Waals surface area contributed by atoms with E-state index < -0.39 is 29.7 Å². The number of amides is 1. The van der Waals surface area contributed by atoms with E-state index in [4.69, 9.17) is 10.5 Å². The zero-order valence-electron chi connectivity index (χ0n) is 14.2. The summed E-state index contributed by atoms with van der Waals surface area (Å²) in [5.74, 6) is -1.52. The predicted octanol–water partition coefficient (Wildman–Crippen LogP) is 3.44. The topological polar surface area (TPSA) is 87.2 Å². The fraction of sp³-hybridized carbons (Fsp3) is 0.235. The molecule has 0 unspecified atom stereocenters. The van der Waals surface area contributed by atoms with Crippen LogP contribution in [0.15, 0.2) is 30.3 Å². The molecule has 1 amide bonds. The van der Waals surface area contributed by atoms with Crippen LogP contribution in [0.1, 0.15) is 27.9 Å². The summed E-state index contributed by atoms with van der Waals surface area (Å²) in [5, 5.41) is 4.87. The van der Waals surface area contributed by atoms with Gasteiger partial charge in [-0.05, 0) is 38.1 Å². The van der Waals surface area contributed by atoms with E-state index in [1.165, 1.54) is 29.8 Å². The van der Waals surface area contributed by atoms with Gasteiger partial charge in [-0.25, -0.2) is 9.48 Å². The van der Waals surface area contributed by atoms with Crippen molar-refractivity contribution in [3.63, 3.8) is 0 Å². The minimum absolute atomic E-state index is 0.194. The standard InChI is InChI=1S/C17H14F3N3O3S/c1-8-12-7-13(16(25)26-9(2)14(21)24)27-15(12)23(22-8)11-5-3-4-10(6-11)17(18,19)20/h3-7,9H,1-2H3,(H2,21,24)/t9-/m1/s1. The molecule has 0 aliphatic heterocycles. The summed E-state index contributed by atoms with van der Waals surface area (Å²) in [6.45, 7) is 3.03. The van der Waals surface area contributed by atoms with Gasteiger partial charge >= 0.3 is 12.1 Å². The van der Waals surface area contributed by atoms with E-state index in [0.29, 0.717) is 15.9 Å². The quantitative estimate of drug-likeness (QED) is 0.683. The first-order chi connectivity index (χ1) is 12.6. The minimum Gasteiger partial charge on any atom is -0.448 e. The molecule has 3 aromatic rings. The lowest BCUT2D eigenvalue weighted by Crippen LogP contribution is -2.30. The number of nitrogens with two attached hydrogens (primary N) is 1. The summed E-state index contributed by atoms with van der Waals surface area (Å²) in [4.78, 5) is 23.9. The van der Waals surface area contributed by atoms with Crippen LogP contribution in [0.4, 0.5) is 13.2 Å². The largest absolute Gasteiger partial charge is 0.448 e. The van der Waals surface area contributed by atoms with E-state index in [9.17, 15) is 22.8 Å². The lowest BCUT2D eigenvalue weighted by atomic mass is 10.2. The first kappa shape index (κ1) is 18.9. The second-order valence-corrected chi connectivity index (χ2v) is 6.86. The van der Waals surface area contributed by atoms with Gasteiger partial charge in [0.2, 0.25) is 0 Å². The third kappa shape index (κ3) is 3.65. The molecule has 2 aromatic heterocycles. The Kier molecular flexibility index (Phi) is 4.68. The highest BCUT2D eigenvalue weighted by Crippen LogP contribution is 2.34. The van der Waals surface area contributed by atoms with Gasteiger partial charge < -0.3 is 10.5 Å². The maximum absolute atomic E-state index is 13.0. The van der Waals surface area contributed by atoms with Crippen LogP contribution in [0.2, 0.25) is 0 Å². The molecule has 27 heavy (non-hydrogen) atoms. The van der Waals surface area contributed by atoms with Gasteiger partial charge in [-0.3, -0.25) is 4.79 Å². The number of fused-ring (bicyclic) bond motifs is 1. The molecule has 3 rings (SSSR count). The number of carbonyl (C=O) groups excluding carboxylic acids is 2. The first-order valence-electron chi connectivity index (χ1n) is 7.75. The number of thiophene rings is 1. The monoisotopic (exact) mass is 397 g/mol. The molecular formula is C17H14F3N3O3S. The summed E-state index contributed by atoms with van der Waals surface area (Å²) < 4.78 is 45.2. The van der Waals surface area contributed by atoms with Crippen LogP contribution in [0, 0.1) is 6.92 Å². The molecule has 0 saturated carbocycles. The SMILES string of the molecule is Cc1nn(-c2cccc(C(F)(F)F)c2)c2sc(C(=O)O[C@H](C)C(N)=O)cc12. The number of carbonyl (C=O) groups is 2. The average molecular weight is 397 g/mol. The fourth-order valence-electron chi connectivity index (χ4n) is 2.41. The highest BCUT2D eigenvalue weighted by Gasteiger charge is 2.31. The van der Waals surface area contributed by atoms with Crippen molar-refractivity contribution in [3.05, 3.63) is 46.5 Å². The Labute approximate surface area is 155 Å². The number of benzene rings is 1. The molecule has 6 nitrogen and oxygen atoms in total. The number of halogens is 3. The maximum atomic E-state index is 13.0. The summed E-state index contributed by atoms with van der Waals surface area (Å²) >= 11 is 1.01. The van der Waals surface area contributed by atoms with Crippen molar-refractivity contribution >= 4 is 33.4 Å². The molecule has 10 heteroatoms. The van der Waals surface area contributed by atoms with Crippen LogP contribution >= 0.6 is 11.3 Å². The fourth-order valence-corrected chi connectivity index (χ4v) is 3.48. The van der Waals surface area contributed by atoms with Gasteiger partial charge in [0.05, 0.1) is 16.9 Å². The van der Waals surface area contributed by atoms with E-state index in [-0.39, 0.29) is 10.6 Å². The van der Waals surface area contributed by atoms with Crippen LogP contribution in [0.3, 0.4) is 0 Å². The van der Waals surface area contributed by atoms with Gasteiger partial charge in [0.25, 0.3) is 5.91 Å². The molecule has 0 aliphatic carbocycles. The predicted molar refractivity (Wildman–Crippen MR) is 92.8 cm³/mol. The second kappa shape index (κ2) is 6.69. The Morgan fingerprint density at radius 1 is 1.30 bits per heavy atom. The number of aromatic nitrogens is 2. The Morgan fingerprint density at radius 2 is 2.00 bits per heavy atom. The van der Waals surface area contributed by atoms with E-state index in [0.717, 1.165) is 23.5 Å². The van der Waals surface area contributed by atoms with Crippen LogP contribution in [-0.4, -0.2) is 27.8 Å². The molecule has 1 atom stereocenters. The Hall–Kier alpha value is -2.88. The van der Waals surface area contributed by atoms with Gasteiger partial charge in [0, 0.05) is 5.39 Å². The van der Waals surface area contributed by atoms with Crippen LogP contribution in [0.25, 0.3) is 15.9 Å². The van der Waals surface area contributed by atoms with E-state index >= 15 is 0 Å². The van der Waals surface area contributed by atoms with Gasteiger partial charge in [0.15, 0.2) is 6.10 Å². The zero-order valence-corrected chi connectivity index (χ0v) is 15.0. The van der Waals surface area contributed by atoms with E-state index in [1.54, 1.807) is 6.92 Å². The van der Waals surface area contributed by atoms with Gasteiger partial charge in [-0.15, -0.1) is 11.3 Å². The maximum Gasteiger partial charge on any atom is 0.416 e. The number of nitrogens with zero attached hydrogens (tertiary/aromatic N) is 2. The highest BCUT2D eigenvalue weighted by atomic mass is 32.1. The number of ether oxygens (including phenoxy) is 1. The van der Waals surface area contributed by atoms with Gasteiger partial charge in [-0.1, -0.05) is 6.07 Å². The van der Waals surface area contributed by atoms with Crippen molar-refractivity contribution in [3.8, 4) is 5.69 Å². The number of hydrogen-bond donors (Lipinski definition) is 1. The van der Waals surface area contributed by atoms with Crippen LogP contribution in [0.5, 0.6) is 0 Å². The van der Waals surface area contributed by atoms with Crippen molar-refractivity contribution in [1.29, 1.82) is 0 Å². The van der Waals surface area contributed by atoms with E-state index in [1.807, 2.05) is 0 Å². The molecule has 0 spiro atoms. The Morgan fingerprint density at radius 3 is 2.63 bits per heavy atom. The lowest BCUT2D eigenvalue weighted by Gasteiger charge is -2.09. The molecule has 0 aliphatic rings. The third-order valence-electron chi connectivity index (χ3n) is 3.85. The molecule has 0 saturated heterocycles. The smallest absolute Gasteiger partial charge is 0.416 e. The van der Waals surface area contributed by atoms with Gasteiger partial charge in [-0.2, -0.15) is 18.3 Å². The van der Waals surface area contributed by atoms with Crippen LogP contribution in [-0.2, 0) is 15.7 Å². The Bertz CT molecular complexity index is 1040. The molecule has 2 N–H and O–H groups in total. The number of hydrogen-bond acceptors (Lipinski definition) is 5. The summed E-state index contributed by atoms with van der Waals surface area (Å²) in [6, 6.07) is 6.27. The van der Waals surface area contributed by atoms with Gasteiger partial charge in [0.1, 0.15) is 9.71 Å². The van der Waals surface area contributed by atoms with Crippen molar-refractivity contribution < 1.29 is 27.5 Å². The lowest BCUT2D eigenvalue weighted by molar-refractivity contribution is -0.137. The molecule has 142 valence electrons. The van der Waals surface area contributed by atoms with Crippen LogP contribution < -0.4 is 5.73 Å². The normalized spacial score (nSPS) is 12.9. The van der Waals surface area contributed by atoms with Crippen molar-refractivity contribution in [2.75, 3.05) is 0 Å². The molecule has 0 bridgehead atoms. The first-order valence-corrected chi connectivity index (χ1v) is 8.56. The zero-order chi connectivity index (χ0) is 19.9. The molecule has 0 fully saturated rings. The number of alkyl halides is 3. The third-order valence-corrected chi connectivity index (χ3v) is 4.94. The highest BCUT2D eigenvalue weighted by molar-refractivity contribution is 7.20. The Balaban J connectivity index is 2.03. The number of primary amides is 1. The van der Waals surface area contributed by atoms with Crippen molar-refractivity contribution in [1.82, 2.24) is 9.78 Å². The summed E-state index contributed by atoms with van der Waals surface area (Å²) in [6.07, 6.45) is -5.57. The molecule has 2 heterocycles. The van der Waals surface area contributed by atoms with E-state index in [2.05, 4.69) is 5.10 Å².